The Morgan fingerprint density at radius 1 is 1.00 bits per heavy atom. The van der Waals surface area contributed by atoms with Gasteiger partial charge < -0.3 is 15.1 Å². The largest absolute Gasteiger partial charge is 0.396 e. The first-order chi connectivity index (χ1) is 5.99. The first-order valence-corrected chi connectivity index (χ1v) is 4.93. The minimum Gasteiger partial charge on any atom is -0.396 e. The standard InChI is InChI=1S/C10H23NO2/c1-10(2,3)9-11(6-8-13)5-4-7-12/h12-13H,4-9H2,1-3H3. The number of hydrogen-bond donors (Lipinski definition) is 2. The molecule has 80 valence electrons. The number of nitrogens with zero attached hydrogens (tertiary/aromatic N) is 1. The van der Waals surface area contributed by atoms with E-state index >= 15 is 0 Å². The third kappa shape index (κ3) is 8.22. The third-order valence-electron chi connectivity index (χ3n) is 1.75. The van der Waals surface area contributed by atoms with Gasteiger partial charge in [0.05, 0.1) is 6.61 Å². The van der Waals surface area contributed by atoms with Crippen molar-refractivity contribution in [1.82, 2.24) is 4.90 Å². The highest BCUT2D eigenvalue weighted by Crippen LogP contribution is 2.14. The summed E-state index contributed by atoms with van der Waals surface area (Å²) in [5, 5.41) is 17.5. The molecule has 0 spiro atoms. The van der Waals surface area contributed by atoms with Crippen LogP contribution in [0.4, 0.5) is 0 Å². The Morgan fingerprint density at radius 3 is 2.00 bits per heavy atom. The molecule has 0 aliphatic heterocycles. The van der Waals surface area contributed by atoms with Crippen LogP contribution in [0.2, 0.25) is 0 Å². The van der Waals surface area contributed by atoms with E-state index in [0.29, 0.717) is 6.54 Å². The number of aliphatic hydroxyl groups excluding tert-OH is 2. The van der Waals surface area contributed by atoms with Gasteiger partial charge >= 0.3 is 0 Å². The van der Waals surface area contributed by atoms with Crippen LogP contribution in [0.25, 0.3) is 0 Å². The molecule has 0 amide bonds. The molecule has 0 aromatic heterocycles. The molecule has 0 fully saturated rings. The highest BCUT2D eigenvalue weighted by atomic mass is 16.3. The highest BCUT2D eigenvalue weighted by molar-refractivity contribution is 4.68. The summed E-state index contributed by atoms with van der Waals surface area (Å²) in [7, 11) is 0. The molecule has 2 N–H and O–H groups in total. The van der Waals surface area contributed by atoms with E-state index in [9.17, 15) is 0 Å². The molecule has 0 radical (unpaired) electrons. The summed E-state index contributed by atoms with van der Waals surface area (Å²) in [5.41, 5.74) is 0.255. The van der Waals surface area contributed by atoms with Gasteiger partial charge in [-0.05, 0) is 11.8 Å². The van der Waals surface area contributed by atoms with Crippen LogP contribution in [-0.2, 0) is 0 Å². The molecule has 0 aliphatic rings. The molecular weight excluding hydrogens is 166 g/mol. The SMILES string of the molecule is CC(C)(C)CN(CCO)CCCO. The van der Waals surface area contributed by atoms with Crippen LogP contribution >= 0.6 is 0 Å². The molecule has 0 saturated heterocycles. The Bertz CT molecular complexity index is 121. The minimum absolute atomic E-state index is 0.196. The second-order valence-electron chi connectivity index (χ2n) is 4.64. The van der Waals surface area contributed by atoms with E-state index in [-0.39, 0.29) is 18.6 Å². The van der Waals surface area contributed by atoms with Crippen LogP contribution in [-0.4, -0.2) is 48.0 Å². The van der Waals surface area contributed by atoms with Crippen LogP contribution in [0, 0.1) is 5.41 Å². The molecule has 3 heteroatoms. The Morgan fingerprint density at radius 2 is 1.62 bits per heavy atom. The van der Waals surface area contributed by atoms with Crippen molar-refractivity contribution in [1.29, 1.82) is 0 Å². The number of aliphatic hydroxyl groups is 2. The summed E-state index contributed by atoms with van der Waals surface area (Å²) in [6.45, 7) is 9.50. The monoisotopic (exact) mass is 189 g/mol. The number of hydrogen-bond acceptors (Lipinski definition) is 3. The second kappa shape index (κ2) is 6.35. The Hall–Kier alpha value is -0.120. The van der Waals surface area contributed by atoms with Crippen LogP contribution in [0.1, 0.15) is 27.2 Å². The van der Waals surface area contributed by atoms with Crippen molar-refractivity contribution in [3.8, 4) is 0 Å². The van der Waals surface area contributed by atoms with Gasteiger partial charge in [0, 0.05) is 26.2 Å². The average molecular weight is 189 g/mol. The topological polar surface area (TPSA) is 43.7 Å². The molecule has 0 aromatic carbocycles. The lowest BCUT2D eigenvalue weighted by Crippen LogP contribution is -2.35. The predicted molar refractivity (Wildman–Crippen MR) is 54.7 cm³/mol. The van der Waals surface area contributed by atoms with E-state index in [1.165, 1.54) is 0 Å². The summed E-state index contributed by atoms with van der Waals surface area (Å²) >= 11 is 0. The van der Waals surface area contributed by atoms with Crippen molar-refractivity contribution in [3.05, 3.63) is 0 Å². The van der Waals surface area contributed by atoms with E-state index < -0.39 is 0 Å². The third-order valence-corrected chi connectivity index (χ3v) is 1.75. The molecule has 0 bridgehead atoms. The van der Waals surface area contributed by atoms with Crippen molar-refractivity contribution < 1.29 is 10.2 Å². The molecule has 0 aliphatic carbocycles. The van der Waals surface area contributed by atoms with Crippen molar-refractivity contribution in [2.75, 3.05) is 32.8 Å². The fourth-order valence-corrected chi connectivity index (χ4v) is 1.38. The zero-order valence-electron chi connectivity index (χ0n) is 9.08. The van der Waals surface area contributed by atoms with Crippen LogP contribution in [0.3, 0.4) is 0 Å². The number of rotatable bonds is 6. The smallest absolute Gasteiger partial charge is 0.0558 e. The first-order valence-electron chi connectivity index (χ1n) is 4.93. The molecule has 0 atom stereocenters. The Balaban J connectivity index is 3.79. The van der Waals surface area contributed by atoms with Gasteiger partial charge in [-0.15, -0.1) is 0 Å². The summed E-state index contributed by atoms with van der Waals surface area (Å²) in [6.07, 6.45) is 0.788. The van der Waals surface area contributed by atoms with E-state index in [1.54, 1.807) is 0 Å². The molecule has 13 heavy (non-hydrogen) atoms. The molecular formula is C10H23NO2. The second-order valence-corrected chi connectivity index (χ2v) is 4.64. The van der Waals surface area contributed by atoms with Gasteiger partial charge in [-0.3, -0.25) is 0 Å². The lowest BCUT2D eigenvalue weighted by molar-refractivity contribution is 0.141. The molecule has 0 rings (SSSR count). The normalized spacial score (nSPS) is 12.5. The van der Waals surface area contributed by atoms with Gasteiger partial charge in [0.2, 0.25) is 0 Å². The highest BCUT2D eigenvalue weighted by Gasteiger charge is 2.15. The molecule has 0 heterocycles. The molecule has 3 nitrogen and oxygen atoms in total. The molecule has 0 unspecified atom stereocenters. The van der Waals surface area contributed by atoms with E-state index in [0.717, 1.165) is 19.5 Å². The van der Waals surface area contributed by atoms with E-state index in [4.69, 9.17) is 10.2 Å². The quantitative estimate of drug-likeness (QED) is 0.647. The van der Waals surface area contributed by atoms with Crippen molar-refractivity contribution in [2.24, 2.45) is 5.41 Å². The summed E-state index contributed by atoms with van der Waals surface area (Å²) in [4.78, 5) is 2.19. The van der Waals surface area contributed by atoms with Crippen molar-refractivity contribution in [3.63, 3.8) is 0 Å². The zero-order valence-corrected chi connectivity index (χ0v) is 9.08. The van der Waals surface area contributed by atoms with Gasteiger partial charge in [0.25, 0.3) is 0 Å². The Kier molecular flexibility index (Phi) is 6.29. The van der Waals surface area contributed by atoms with E-state index in [2.05, 4.69) is 25.7 Å². The maximum absolute atomic E-state index is 8.83. The summed E-state index contributed by atoms with van der Waals surface area (Å²) in [5.74, 6) is 0. The summed E-state index contributed by atoms with van der Waals surface area (Å²) in [6, 6.07) is 0. The minimum atomic E-state index is 0.196. The van der Waals surface area contributed by atoms with Crippen LogP contribution in [0.5, 0.6) is 0 Å². The fraction of sp³-hybridized carbons (Fsp3) is 1.00. The lowest BCUT2D eigenvalue weighted by atomic mass is 9.96. The maximum atomic E-state index is 8.83. The fourth-order valence-electron chi connectivity index (χ4n) is 1.38. The maximum Gasteiger partial charge on any atom is 0.0558 e. The van der Waals surface area contributed by atoms with E-state index in [1.807, 2.05) is 0 Å². The first kappa shape index (κ1) is 12.9. The van der Waals surface area contributed by atoms with Gasteiger partial charge in [0.1, 0.15) is 0 Å². The van der Waals surface area contributed by atoms with Crippen molar-refractivity contribution >= 4 is 0 Å². The molecule has 0 aromatic rings. The van der Waals surface area contributed by atoms with Gasteiger partial charge in [-0.2, -0.15) is 0 Å². The van der Waals surface area contributed by atoms with Gasteiger partial charge in [0.15, 0.2) is 0 Å². The Labute approximate surface area is 81.4 Å². The lowest BCUT2D eigenvalue weighted by Gasteiger charge is -2.29. The average Bonchev–Trinajstić information content (AvgIpc) is 1.98. The van der Waals surface area contributed by atoms with Crippen LogP contribution < -0.4 is 0 Å². The predicted octanol–water partition coefficient (Wildman–Crippen LogP) is 0.709. The molecule has 0 saturated carbocycles. The zero-order chi connectivity index (χ0) is 10.3. The summed E-state index contributed by atoms with van der Waals surface area (Å²) < 4.78 is 0. The van der Waals surface area contributed by atoms with Crippen LogP contribution in [0.15, 0.2) is 0 Å². The van der Waals surface area contributed by atoms with Gasteiger partial charge in [-0.1, -0.05) is 20.8 Å². The van der Waals surface area contributed by atoms with Gasteiger partial charge in [-0.25, -0.2) is 0 Å². The van der Waals surface area contributed by atoms with Crippen molar-refractivity contribution in [2.45, 2.75) is 27.2 Å².